The van der Waals surface area contributed by atoms with Gasteiger partial charge in [-0.05, 0) is 0 Å². The number of hydrogen-bond donors (Lipinski definition) is 0. The van der Waals surface area contributed by atoms with Gasteiger partial charge in [-0.15, -0.1) is 0 Å². The molecule has 52 valence electrons. The van der Waals surface area contributed by atoms with E-state index in [-0.39, 0.29) is 0 Å². The first-order chi connectivity index (χ1) is 4.33. The van der Waals surface area contributed by atoms with Crippen LogP contribution in [0, 0.1) is 0 Å². The number of likely N-dealkylation sites (N-methyl/N-ethyl adjacent to an activating group) is 1. The second kappa shape index (κ2) is 3.35. The fourth-order valence-electron chi connectivity index (χ4n) is 0.927. The van der Waals surface area contributed by atoms with Crippen molar-refractivity contribution in [3.05, 3.63) is 0 Å². The number of rotatable bonds is 1. The standard InChI is InChI=1S/C6H12N2Se/c1-7-2-4-8(6-9)5-3-7/h6H,2-5H2,1H3. The Balaban J connectivity index is 2.26. The molecule has 1 heterocycles. The maximum atomic E-state index is 2.91. The minimum absolute atomic E-state index is 1.17. The van der Waals surface area contributed by atoms with Crippen molar-refractivity contribution in [3.8, 4) is 0 Å². The van der Waals surface area contributed by atoms with Crippen LogP contribution in [0.1, 0.15) is 0 Å². The predicted molar refractivity (Wildman–Crippen MR) is 40.9 cm³/mol. The van der Waals surface area contributed by atoms with Crippen molar-refractivity contribution in [2.24, 2.45) is 0 Å². The predicted octanol–water partition coefficient (Wildman–Crippen LogP) is -0.838. The van der Waals surface area contributed by atoms with Crippen LogP contribution in [-0.2, 0) is 0 Å². The summed E-state index contributed by atoms with van der Waals surface area (Å²) in [5.74, 6) is 0. The molecule has 0 N–H and O–H groups in total. The summed E-state index contributed by atoms with van der Waals surface area (Å²) in [4.78, 5) is 4.65. The topological polar surface area (TPSA) is 6.48 Å². The van der Waals surface area contributed by atoms with Crippen LogP contribution in [0.15, 0.2) is 0 Å². The van der Waals surface area contributed by atoms with Gasteiger partial charge in [0, 0.05) is 0 Å². The Morgan fingerprint density at radius 2 is 1.78 bits per heavy atom. The van der Waals surface area contributed by atoms with Crippen molar-refractivity contribution in [2.45, 2.75) is 0 Å². The molecule has 0 unspecified atom stereocenters. The van der Waals surface area contributed by atoms with E-state index in [4.69, 9.17) is 0 Å². The average Bonchev–Trinajstić information content (AvgIpc) is 1.90. The van der Waals surface area contributed by atoms with Gasteiger partial charge in [-0.2, -0.15) is 0 Å². The summed E-state index contributed by atoms with van der Waals surface area (Å²) in [6.07, 6.45) is 0. The van der Waals surface area contributed by atoms with E-state index in [1.165, 1.54) is 26.2 Å². The Morgan fingerprint density at radius 3 is 2.22 bits per heavy atom. The third kappa shape index (κ3) is 2.09. The van der Waals surface area contributed by atoms with E-state index >= 15 is 0 Å². The molecule has 0 aliphatic carbocycles. The second-order valence-electron chi connectivity index (χ2n) is 2.44. The molecule has 0 aromatic rings. The van der Waals surface area contributed by atoms with Crippen LogP contribution >= 0.6 is 0 Å². The SMILES string of the molecule is CN1CCN(C=[Se])CC1. The molecule has 1 fully saturated rings. The number of hydrogen-bond acceptors (Lipinski definition) is 2. The summed E-state index contributed by atoms with van der Waals surface area (Å²) in [6, 6.07) is 0. The third-order valence-corrected chi connectivity index (χ3v) is 2.31. The zero-order valence-corrected chi connectivity index (χ0v) is 7.42. The normalized spacial score (nSPS) is 22.1. The summed E-state index contributed by atoms with van der Waals surface area (Å²) < 4.78 is 0. The fourth-order valence-corrected chi connectivity index (χ4v) is 1.37. The third-order valence-electron chi connectivity index (χ3n) is 1.69. The van der Waals surface area contributed by atoms with Gasteiger partial charge in [0.15, 0.2) is 0 Å². The molecule has 1 aliphatic rings. The van der Waals surface area contributed by atoms with Gasteiger partial charge < -0.3 is 0 Å². The molecule has 0 spiro atoms. The van der Waals surface area contributed by atoms with E-state index in [0.29, 0.717) is 0 Å². The van der Waals surface area contributed by atoms with Crippen molar-refractivity contribution < 1.29 is 0 Å². The molecule has 3 heteroatoms. The van der Waals surface area contributed by atoms with Crippen molar-refractivity contribution in [1.82, 2.24) is 9.80 Å². The summed E-state index contributed by atoms with van der Waals surface area (Å²) in [6.45, 7) is 4.73. The Labute approximate surface area is 64.2 Å². The second-order valence-corrected chi connectivity index (χ2v) is 2.89. The molecule has 0 radical (unpaired) electrons. The molecule has 1 rings (SSSR count). The Kier molecular flexibility index (Phi) is 2.70. The first kappa shape index (κ1) is 7.26. The summed E-state index contributed by atoms with van der Waals surface area (Å²) in [5, 5.41) is 2.05. The molecular weight excluding hydrogens is 179 g/mol. The van der Waals surface area contributed by atoms with Crippen molar-refractivity contribution in [2.75, 3.05) is 33.2 Å². The molecule has 1 saturated heterocycles. The van der Waals surface area contributed by atoms with E-state index in [1.807, 2.05) is 5.04 Å². The number of piperazine rings is 1. The minimum atomic E-state index is 1.17. The Bertz CT molecular complexity index is 97.2. The molecule has 0 saturated carbocycles. The maximum absolute atomic E-state index is 2.91. The van der Waals surface area contributed by atoms with Crippen molar-refractivity contribution in [3.63, 3.8) is 0 Å². The monoisotopic (exact) mass is 192 g/mol. The molecule has 9 heavy (non-hydrogen) atoms. The zero-order valence-electron chi connectivity index (χ0n) is 5.71. The van der Waals surface area contributed by atoms with E-state index in [1.54, 1.807) is 0 Å². The van der Waals surface area contributed by atoms with Crippen LogP contribution in [-0.4, -0.2) is 63.6 Å². The van der Waals surface area contributed by atoms with Gasteiger partial charge in [-0.25, -0.2) is 0 Å². The molecule has 0 aromatic heterocycles. The molecule has 1 aliphatic heterocycles. The Morgan fingerprint density at radius 1 is 1.22 bits per heavy atom. The summed E-state index contributed by atoms with van der Waals surface area (Å²) in [7, 11) is 2.16. The number of nitrogens with zero attached hydrogens (tertiary/aromatic N) is 2. The van der Waals surface area contributed by atoms with Crippen LogP contribution in [0.3, 0.4) is 0 Å². The van der Waals surface area contributed by atoms with E-state index in [2.05, 4.69) is 32.4 Å². The molecule has 2 nitrogen and oxygen atoms in total. The fraction of sp³-hybridized carbons (Fsp3) is 0.833. The molecule has 0 bridgehead atoms. The first-order valence-electron chi connectivity index (χ1n) is 3.21. The first-order valence-corrected chi connectivity index (χ1v) is 4.20. The van der Waals surface area contributed by atoms with Crippen LogP contribution in [0.25, 0.3) is 0 Å². The van der Waals surface area contributed by atoms with Crippen LogP contribution < -0.4 is 0 Å². The van der Waals surface area contributed by atoms with Gasteiger partial charge in [-0.3, -0.25) is 0 Å². The van der Waals surface area contributed by atoms with Crippen molar-refractivity contribution >= 4 is 20.6 Å². The van der Waals surface area contributed by atoms with Gasteiger partial charge in [0.25, 0.3) is 0 Å². The Hall–Kier alpha value is 0.149. The van der Waals surface area contributed by atoms with Gasteiger partial charge in [-0.1, -0.05) is 0 Å². The van der Waals surface area contributed by atoms with E-state index in [0.717, 1.165) is 0 Å². The molecular formula is C6H12N2Se. The zero-order chi connectivity index (χ0) is 6.69. The van der Waals surface area contributed by atoms with Gasteiger partial charge in [0.1, 0.15) is 0 Å². The molecule has 0 amide bonds. The van der Waals surface area contributed by atoms with Gasteiger partial charge >= 0.3 is 63.6 Å². The van der Waals surface area contributed by atoms with Crippen molar-refractivity contribution in [1.29, 1.82) is 0 Å². The van der Waals surface area contributed by atoms with Crippen LogP contribution in [0.4, 0.5) is 0 Å². The summed E-state index contributed by atoms with van der Waals surface area (Å²) >= 11 is 2.91. The quantitative estimate of drug-likeness (QED) is 0.499. The van der Waals surface area contributed by atoms with Gasteiger partial charge in [0.2, 0.25) is 0 Å². The molecule has 0 atom stereocenters. The van der Waals surface area contributed by atoms with E-state index in [9.17, 15) is 0 Å². The van der Waals surface area contributed by atoms with E-state index < -0.39 is 0 Å². The van der Waals surface area contributed by atoms with Gasteiger partial charge in [0.05, 0.1) is 0 Å². The molecule has 0 aromatic carbocycles. The van der Waals surface area contributed by atoms with Crippen LogP contribution in [0.2, 0.25) is 0 Å². The summed E-state index contributed by atoms with van der Waals surface area (Å²) in [5.41, 5.74) is 0. The average molecular weight is 191 g/mol. The van der Waals surface area contributed by atoms with Crippen LogP contribution in [0.5, 0.6) is 0 Å².